The summed E-state index contributed by atoms with van der Waals surface area (Å²) in [7, 11) is 1.59. The van der Waals surface area contributed by atoms with Crippen LogP contribution in [0, 0.1) is 0 Å². The third kappa shape index (κ3) is 3.54. The second-order valence-corrected chi connectivity index (χ2v) is 6.54. The quantitative estimate of drug-likeness (QED) is 0.724. The van der Waals surface area contributed by atoms with Gasteiger partial charge in [-0.15, -0.1) is 16.4 Å². The molecule has 1 atom stereocenters. The van der Waals surface area contributed by atoms with Gasteiger partial charge < -0.3 is 4.74 Å². The number of aromatic amines is 1. The Kier molecular flexibility index (Phi) is 4.63. The molecule has 0 fully saturated rings. The summed E-state index contributed by atoms with van der Waals surface area (Å²) in [4.78, 5) is 0. The lowest BCUT2D eigenvalue weighted by Gasteiger charge is -2.25. The van der Waals surface area contributed by atoms with E-state index in [1.807, 2.05) is 11.4 Å². The molecule has 23 heavy (non-hydrogen) atoms. The first-order valence-corrected chi connectivity index (χ1v) is 8.27. The molecule has 1 unspecified atom stereocenters. The summed E-state index contributed by atoms with van der Waals surface area (Å²) in [6, 6.07) is 8.69. The van der Waals surface area contributed by atoms with E-state index >= 15 is 4.39 Å². The molecule has 0 aliphatic rings. The summed E-state index contributed by atoms with van der Waals surface area (Å²) < 4.78 is 21.2. The number of halogens is 2. The van der Waals surface area contributed by atoms with E-state index in [9.17, 15) is 0 Å². The molecule has 3 aromatic rings. The van der Waals surface area contributed by atoms with Crippen molar-refractivity contribution in [3.05, 3.63) is 63.8 Å². The Morgan fingerprint density at radius 1 is 1.26 bits per heavy atom. The van der Waals surface area contributed by atoms with Gasteiger partial charge in [0.1, 0.15) is 5.67 Å². The minimum Gasteiger partial charge on any atom is -0.487 e. The number of methoxy groups -OCH3 is 1. The molecular formula is C16H15ClFN3OS. The van der Waals surface area contributed by atoms with Crippen molar-refractivity contribution in [1.29, 1.82) is 0 Å². The highest BCUT2D eigenvalue weighted by Gasteiger charge is 2.35. The van der Waals surface area contributed by atoms with E-state index in [1.165, 1.54) is 11.3 Å². The second-order valence-electron chi connectivity index (χ2n) is 5.23. The van der Waals surface area contributed by atoms with E-state index in [-0.39, 0.29) is 12.8 Å². The van der Waals surface area contributed by atoms with Crippen LogP contribution in [-0.4, -0.2) is 22.5 Å². The van der Waals surface area contributed by atoms with Crippen LogP contribution in [0.3, 0.4) is 0 Å². The SMILES string of the molecule is COc1sccc1CC(F)(Cc1c[nH]nn1)c1ccc(Cl)cc1. The molecule has 1 aromatic carbocycles. The predicted molar refractivity (Wildman–Crippen MR) is 88.9 cm³/mol. The van der Waals surface area contributed by atoms with E-state index in [1.54, 1.807) is 37.6 Å². The van der Waals surface area contributed by atoms with Crippen LogP contribution in [0.25, 0.3) is 0 Å². The minimum absolute atomic E-state index is 0.115. The predicted octanol–water partition coefficient (Wildman–Crippen LogP) is 4.18. The maximum Gasteiger partial charge on any atom is 0.176 e. The Morgan fingerprint density at radius 2 is 2.04 bits per heavy atom. The molecule has 3 rings (SSSR count). The molecule has 0 spiro atoms. The number of hydrogen-bond acceptors (Lipinski definition) is 4. The highest BCUT2D eigenvalue weighted by Crippen LogP contribution is 2.38. The lowest BCUT2D eigenvalue weighted by molar-refractivity contribution is 0.161. The van der Waals surface area contributed by atoms with Crippen LogP contribution < -0.4 is 4.74 Å². The monoisotopic (exact) mass is 351 g/mol. The zero-order valence-corrected chi connectivity index (χ0v) is 14.0. The summed E-state index contributed by atoms with van der Waals surface area (Å²) in [6.07, 6.45) is 1.91. The fourth-order valence-electron chi connectivity index (χ4n) is 2.55. The largest absolute Gasteiger partial charge is 0.487 e. The Balaban J connectivity index is 1.97. The van der Waals surface area contributed by atoms with Crippen molar-refractivity contribution in [2.45, 2.75) is 18.5 Å². The van der Waals surface area contributed by atoms with Gasteiger partial charge in [0, 0.05) is 29.6 Å². The number of rotatable bonds is 6. The topological polar surface area (TPSA) is 50.8 Å². The molecule has 0 aliphatic carbocycles. The van der Waals surface area contributed by atoms with Gasteiger partial charge in [0.05, 0.1) is 12.8 Å². The number of ether oxygens (including phenoxy) is 1. The molecule has 0 saturated heterocycles. The van der Waals surface area contributed by atoms with Crippen LogP contribution >= 0.6 is 22.9 Å². The number of hydrogen-bond donors (Lipinski definition) is 1. The number of benzene rings is 1. The Hall–Kier alpha value is -1.92. The van der Waals surface area contributed by atoms with E-state index in [0.717, 1.165) is 10.6 Å². The van der Waals surface area contributed by atoms with E-state index < -0.39 is 5.67 Å². The average molecular weight is 352 g/mol. The van der Waals surface area contributed by atoms with Crippen LogP contribution in [0.2, 0.25) is 5.02 Å². The van der Waals surface area contributed by atoms with Crippen LogP contribution in [0.4, 0.5) is 4.39 Å². The first kappa shape index (κ1) is 16.0. The van der Waals surface area contributed by atoms with Crippen molar-refractivity contribution in [2.24, 2.45) is 0 Å². The molecular weight excluding hydrogens is 337 g/mol. The maximum atomic E-state index is 15.9. The van der Waals surface area contributed by atoms with Crippen molar-refractivity contribution in [2.75, 3.05) is 7.11 Å². The second kappa shape index (κ2) is 6.68. The number of thiophene rings is 1. The highest BCUT2D eigenvalue weighted by atomic mass is 35.5. The van der Waals surface area contributed by atoms with Crippen molar-refractivity contribution in [1.82, 2.24) is 15.4 Å². The van der Waals surface area contributed by atoms with Crippen LogP contribution in [0.15, 0.2) is 41.9 Å². The van der Waals surface area contributed by atoms with Gasteiger partial charge in [-0.1, -0.05) is 28.9 Å². The van der Waals surface area contributed by atoms with Gasteiger partial charge in [0.2, 0.25) is 0 Å². The standard InChI is InChI=1S/C16H15ClFN3OS/c1-22-15-11(6-7-23-15)8-16(18,9-14-10-19-21-20-14)12-2-4-13(17)5-3-12/h2-7,10H,8-9H2,1H3,(H,19,20,21). The van der Waals surface area contributed by atoms with Crippen molar-refractivity contribution in [3.8, 4) is 5.06 Å². The average Bonchev–Trinajstić information content (AvgIpc) is 3.19. The van der Waals surface area contributed by atoms with Gasteiger partial charge >= 0.3 is 0 Å². The van der Waals surface area contributed by atoms with Crippen LogP contribution in [-0.2, 0) is 18.5 Å². The van der Waals surface area contributed by atoms with Gasteiger partial charge in [0.25, 0.3) is 0 Å². The Labute approximate surface area is 142 Å². The van der Waals surface area contributed by atoms with Gasteiger partial charge in [-0.05, 0) is 29.1 Å². The fraction of sp³-hybridized carbons (Fsp3) is 0.250. The summed E-state index contributed by atoms with van der Waals surface area (Å²) >= 11 is 7.38. The molecule has 7 heteroatoms. The van der Waals surface area contributed by atoms with E-state index in [0.29, 0.717) is 16.3 Å². The van der Waals surface area contributed by atoms with Crippen molar-refractivity contribution < 1.29 is 9.13 Å². The molecule has 0 bridgehead atoms. The first-order valence-electron chi connectivity index (χ1n) is 7.01. The molecule has 2 heterocycles. The number of nitrogens with zero attached hydrogens (tertiary/aromatic N) is 2. The van der Waals surface area contributed by atoms with Crippen LogP contribution in [0.5, 0.6) is 5.06 Å². The fourth-order valence-corrected chi connectivity index (χ4v) is 3.42. The Morgan fingerprint density at radius 3 is 2.70 bits per heavy atom. The molecule has 2 aromatic heterocycles. The minimum atomic E-state index is -1.63. The number of H-pyrrole nitrogens is 1. The lowest BCUT2D eigenvalue weighted by Crippen LogP contribution is -2.26. The molecule has 1 N–H and O–H groups in total. The number of alkyl halides is 1. The first-order chi connectivity index (χ1) is 11.1. The molecule has 0 amide bonds. The molecule has 4 nitrogen and oxygen atoms in total. The van der Waals surface area contributed by atoms with Gasteiger partial charge in [-0.25, -0.2) is 4.39 Å². The molecule has 0 aliphatic heterocycles. The summed E-state index contributed by atoms with van der Waals surface area (Å²) in [6.45, 7) is 0. The van der Waals surface area contributed by atoms with E-state index in [4.69, 9.17) is 16.3 Å². The van der Waals surface area contributed by atoms with Crippen LogP contribution in [0.1, 0.15) is 16.8 Å². The lowest BCUT2D eigenvalue weighted by atomic mass is 9.86. The van der Waals surface area contributed by atoms with Gasteiger partial charge in [0.15, 0.2) is 5.06 Å². The number of aromatic nitrogens is 3. The molecule has 0 radical (unpaired) electrons. The zero-order valence-electron chi connectivity index (χ0n) is 12.4. The smallest absolute Gasteiger partial charge is 0.176 e. The van der Waals surface area contributed by atoms with Crippen molar-refractivity contribution in [3.63, 3.8) is 0 Å². The molecule has 120 valence electrons. The maximum absolute atomic E-state index is 15.9. The van der Waals surface area contributed by atoms with Gasteiger partial charge in [-0.2, -0.15) is 0 Å². The third-order valence-corrected chi connectivity index (χ3v) is 4.82. The normalized spacial score (nSPS) is 13.7. The zero-order chi connectivity index (χ0) is 16.3. The van der Waals surface area contributed by atoms with Gasteiger partial charge in [-0.3, -0.25) is 5.10 Å². The summed E-state index contributed by atoms with van der Waals surface area (Å²) in [5, 5.41) is 13.4. The van der Waals surface area contributed by atoms with E-state index in [2.05, 4.69) is 15.4 Å². The third-order valence-electron chi connectivity index (χ3n) is 3.65. The van der Waals surface area contributed by atoms with Crippen molar-refractivity contribution >= 4 is 22.9 Å². The Bertz CT molecular complexity index is 760. The summed E-state index contributed by atoms with van der Waals surface area (Å²) in [5.41, 5.74) is 0.323. The highest BCUT2D eigenvalue weighted by molar-refractivity contribution is 7.12. The molecule has 0 saturated carbocycles. The number of nitrogens with one attached hydrogen (secondary N) is 1. The summed E-state index contributed by atoms with van der Waals surface area (Å²) in [5.74, 6) is 0.